The molecule has 0 fully saturated rings. The van der Waals surface area contributed by atoms with Crippen LogP contribution in [-0.2, 0) is 10.1 Å². The van der Waals surface area contributed by atoms with Gasteiger partial charge in [-0.3, -0.25) is 0 Å². The minimum absolute atomic E-state index is 0.395. The summed E-state index contributed by atoms with van der Waals surface area (Å²) >= 11 is 2.80. The van der Waals surface area contributed by atoms with Gasteiger partial charge in [0, 0.05) is 0 Å². The molecule has 1 aromatic rings. The molecule has 16 heavy (non-hydrogen) atoms. The Kier molecular flexibility index (Phi) is 7.61. The zero-order chi connectivity index (χ0) is 11.6. The van der Waals surface area contributed by atoms with Gasteiger partial charge in [-0.1, -0.05) is 0 Å². The molecule has 0 saturated carbocycles. The summed E-state index contributed by atoms with van der Waals surface area (Å²) in [7, 11) is 0. The van der Waals surface area contributed by atoms with E-state index in [1.807, 2.05) is 6.07 Å². The number of benzene rings is 1. The molecule has 0 aliphatic rings. The third kappa shape index (κ3) is 6.34. The quantitative estimate of drug-likeness (QED) is 0.314. The van der Waals surface area contributed by atoms with Gasteiger partial charge in [-0.05, 0) is 0 Å². The summed E-state index contributed by atoms with van der Waals surface area (Å²) in [6.07, 6.45) is 5.10. The fraction of sp³-hybridized carbons (Fsp3) is 0.231. The van der Waals surface area contributed by atoms with Crippen molar-refractivity contribution in [3.05, 3.63) is 44.4 Å². The maximum absolute atomic E-state index is 5.25. The zero-order valence-electron chi connectivity index (χ0n) is 8.86. The van der Waals surface area contributed by atoms with Crippen molar-refractivity contribution in [2.45, 2.75) is 5.32 Å². The average Bonchev–Trinajstić information content (AvgIpc) is 2.31. The van der Waals surface area contributed by atoms with Gasteiger partial charge in [-0.15, -0.1) is 0 Å². The average molecular weight is 391 g/mol. The van der Waals surface area contributed by atoms with Gasteiger partial charge in [0.1, 0.15) is 0 Å². The molecule has 0 N–H and O–H groups in total. The second-order valence-electron chi connectivity index (χ2n) is 3.06. The fourth-order valence-electron chi connectivity index (χ4n) is 1.04. The predicted octanol–water partition coefficient (Wildman–Crippen LogP) is 2.82. The number of terminal acetylenes is 1. The second kappa shape index (κ2) is 8.83. The van der Waals surface area contributed by atoms with Crippen LogP contribution in [0.3, 0.4) is 0 Å². The first-order valence-corrected chi connectivity index (χ1v) is 8.12. The van der Waals surface area contributed by atoms with Crippen molar-refractivity contribution >= 4 is 37.5 Å². The van der Waals surface area contributed by atoms with E-state index in [0.717, 1.165) is 5.32 Å². The van der Waals surface area contributed by atoms with E-state index in [4.69, 9.17) is 11.2 Å². The zero-order valence-corrected chi connectivity index (χ0v) is 12.7. The van der Waals surface area contributed by atoms with E-state index in [-0.39, 0.29) is 0 Å². The Bertz CT molecular complexity index is 367. The van der Waals surface area contributed by atoms with Crippen LogP contribution in [0.25, 0.3) is 0 Å². The number of halogens is 1. The first-order chi connectivity index (χ1) is 7.83. The summed E-state index contributed by atoms with van der Waals surface area (Å²) in [4.78, 5) is 2.26. The molecule has 0 bridgehead atoms. The third-order valence-electron chi connectivity index (χ3n) is 1.73. The molecule has 0 radical (unpaired) electrons. The topological polar surface area (TPSA) is 9.23 Å². The van der Waals surface area contributed by atoms with Gasteiger partial charge in [0.2, 0.25) is 0 Å². The van der Waals surface area contributed by atoms with Crippen LogP contribution in [0.15, 0.2) is 38.9 Å². The number of ether oxygens (including phenoxy) is 1. The van der Waals surface area contributed by atoms with Crippen LogP contribution in [-0.4, -0.2) is 28.2 Å². The molecule has 0 amide bonds. The van der Waals surface area contributed by atoms with Gasteiger partial charge in [-0.25, -0.2) is 0 Å². The van der Waals surface area contributed by atoms with E-state index in [0.29, 0.717) is 28.2 Å². The Morgan fingerprint density at radius 2 is 2.19 bits per heavy atom. The number of rotatable bonds is 6. The number of hydrogen-bond donors (Lipinski definition) is 0. The van der Waals surface area contributed by atoms with E-state index in [2.05, 4.69) is 57.8 Å². The van der Waals surface area contributed by atoms with Crippen molar-refractivity contribution in [2.75, 3.05) is 13.2 Å². The van der Waals surface area contributed by atoms with Crippen molar-refractivity contribution < 1.29 is 4.74 Å². The third-order valence-corrected chi connectivity index (χ3v) is 5.30. The molecule has 0 saturated heterocycles. The molecule has 0 spiro atoms. The monoisotopic (exact) mass is 392 g/mol. The molecule has 3 heteroatoms. The standard InChI is InChI=1S/C13H13IOSe/c1-2-8-15-9-13(14)11-16-10-12-6-4-3-5-7-12/h1,3-7,11H,8-10H2/b13-11-. The van der Waals surface area contributed by atoms with Crippen LogP contribution in [0.5, 0.6) is 0 Å². The van der Waals surface area contributed by atoms with Gasteiger partial charge in [0.15, 0.2) is 0 Å². The summed E-state index contributed by atoms with van der Waals surface area (Å²) < 4.78 is 6.49. The van der Waals surface area contributed by atoms with Gasteiger partial charge in [-0.2, -0.15) is 0 Å². The summed E-state index contributed by atoms with van der Waals surface area (Å²) in [6, 6.07) is 10.5. The molecule has 1 rings (SSSR count). The van der Waals surface area contributed by atoms with E-state index in [1.54, 1.807) is 0 Å². The van der Waals surface area contributed by atoms with Crippen molar-refractivity contribution in [3.8, 4) is 12.3 Å². The predicted molar refractivity (Wildman–Crippen MR) is 77.7 cm³/mol. The van der Waals surface area contributed by atoms with E-state index >= 15 is 0 Å². The summed E-state index contributed by atoms with van der Waals surface area (Å²) in [5.74, 6) is 2.46. The maximum atomic E-state index is 5.25. The van der Waals surface area contributed by atoms with Crippen LogP contribution in [0.1, 0.15) is 5.56 Å². The normalized spacial score (nSPS) is 11.1. The molecule has 0 heterocycles. The Morgan fingerprint density at radius 1 is 1.44 bits per heavy atom. The van der Waals surface area contributed by atoms with Crippen LogP contribution in [0.4, 0.5) is 0 Å². The van der Waals surface area contributed by atoms with Crippen LogP contribution in [0, 0.1) is 12.3 Å². The summed E-state index contributed by atoms with van der Waals surface area (Å²) in [5, 5.41) is 1.13. The van der Waals surface area contributed by atoms with E-state index in [1.165, 1.54) is 9.14 Å². The Labute approximate surface area is 117 Å². The van der Waals surface area contributed by atoms with Crippen LogP contribution >= 0.6 is 22.6 Å². The first kappa shape index (κ1) is 13.8. The Balaban J connectivity index is 2.23. The van der Waals surface area contributed by atoms with Crippen molar-refractivity contribution in [1.29, 1.82) is 0 Å². The van der Waals surface area contributed by atoms with Crippen LogP contribution < -0.4 is 0 Å². The van der Waals surface area contributed by atoms with Crippen molar-refractivity contribution in [3.63, 3.8) is 0 Å². The van der Waals surface area contributed by atoms with Gasteiger partial charge < -0.3 is 0 Å². The molecule has 84 valence electrons. The van der Waals surface area contributed by atoms with Gasteiger partial charge >= 0.3 is 118 Å². The van der Waals surface area contributed by atoms with Crippen LogP contribution in [0.2, 0.25) is 0 Å². The second-order valence-corrected chi connectivity index (χ2v) is 6.24. The molecule has 0 aliphatic carbocycles. The first-order valence-electron chi connectivity index (χ1n) is 4.84. The molecule has 1 nitrogen and oxygen atoms in total. The Morgan fingerprint density at radius 3 is 2.88 bits per heavy atom. The number of hydrogen-bond acceptors (Lipinski definition) is 1. The Hall–Kier alpha value is -0.271. The van der Waals surface area contributed by atoms with E-state index < -0.39 is 0 Å². The fourth-order valence-corrected chi connectivity index (χ4v) is 3.70. The van der Waals surface area contributed by atoms with Crippen molar-refractivity contribution in [1.82, 2.24) is 0 Å². The SMILES string of the molecule is C#CCOC/C(I)=C/[Se]Cc1ccccc1. The molecular formula is C13H13IOSe. The summed E-state index contributed by atoms with van der Waals surface area (Å²) in [5.41, 5.74) is 1.40. The van der Waals surface area contributed by atoms with Crippen molar-refractivity contribution in [2.24, 2.45) is 0 Å². The van der Waals surface area contributed by atoms with Gasteiger partial charge in [0.05, 0.1) is 0 Å². The molecular weight excluding hydrogens is 378 g/mol. The molecule has 0 atom stereocenters. The minimum atomic E-state index is 0.395. The molecule has 0 aromatic heterocycles. The van der Waals surface area contributed by atoms with Gasteiger partial charge in [0.25, 0.3) is 0 Å². The molecule has 1 aromatic carbocycles. The molecule has 0 unspecified atom stereocenters. The van der Waals surface area contributed by atoms with E-state index in [9.17, 15) is 0 Å². The summed E-state index contributed by atoms with van der Waals surface area (Å²) in [6.45, 7) is 1.04. The molecule has 0 aliphatic heterocycles.